The van der Waals surface area contributed by atoms with Gasteiger partial charge in [-0.2, -0.15) is 9.78 Å². The number of hydrogen-bond donors (Lipinski definition) is 0. The number of carbonyl (C=O) groups excluding carboxylic acids is 1. The molecule has 100 valence electrons. The largest absolute Gasteiger partial charge is 0.272 e. The van der Waals surface area contributed by atoms with E-state index in [4.69, 9.17) is 0 Å². The molecule has 1 aliphatic carbocycles. The third-order valence-electron chi connectivity index (χ3n) is 4.26. The van der Waals surface area contributed by atoms with E-state index in [0.717, 1.165) is 12.8 Å². The van der Waals surface area contributed by atoms with E-state index in [9.17, 15) is 4.79 Å². The van der Waals surface area contributed by atoms with Crippen molar-refractivity contribution in [3.63, 3.8) is 0 Å². The molecule has 2 atom stereocenters. The Morgan fingerprint density at radius 1 is 1.44 bits per heavy atom. The van der Waals surface area contributed by atoms with Crippen LogP contribution >= 0.6 is 0 Å². The first-order valence-corrected chi connectivity index (χ1v) is 6.79. The van der Waals surface area contributed by atoms with Gasteiger partial charge in [-0.15, -0.1) is 0 Å². The summed E-state index contributed by atoms with van der Waals surface area (Å²) in [5.41, 5.74) is 0.256. The predicted molar refractivity (Wildman–Crippen MR) is 70.1 cm³/mol. The van der Waals surface area contributed by atoms with Crippen LogP contribution in [0.2, 0.25) is 0 Å². The van der Waals surface area contributed by atoms with Gasteiger partial charge in [0, 0.05) is 5.92 Å². The second-order valence-corrected chi connectivity index (χ2v) is 6.60. The normalized spacial score (nSPS) is 27.4. The quantitative estimate of drug-likeness (QED) is 0.809. The van der Waals surface area contributed by atoms with Gasteiger partial charge in [-0.05, 0) is 36.5 Å². The molecule has 0 saturated heterocycles. The lowest BCUT2D eigenvalue weighted by atomic mass is 9.64. The van der Waals surface area contributed by atoms with E-state index in [1.54, 1.807) is 0 Å². The average molecular weight is 249 g/mol. The Balaban J connectivity index is 2.22. The Labute approximate surface area is 109 Å². The molecule has 2 unspecified atom stereocenters. The molecule has 18 heavy (non-hydrogen) atoms. The van der Waals surface area contributed by atoms with Crippen LogP contribution in [0.5, 0.6) is 0 Å². The van der Waals surface area contributed by atoms with Gasteiger partial charge >= 0.3 is 0 Å². The van der Waals surface area contributed by atoms with Gasteiger partial charge in [0.2, 0.25) is 0 Å². The van der Waals surface area contributed by atoms with Crippen molar-refractivity contribution in [2.75, 3.05) is 0 Å². The van der Waals surface area contributed by atoms with Gasteiger partial charge in [-0.1, -0.05) is 27.7 Å². The summed E-state index contributed by atoms with van der Waals surface area (Å²) in [5.74, 6) is 1.20. The SMILES string of the molecule is CC(C)C1CCC(C)(C)CC1C(=O)n1cncn1. The van der Waals surface area contributed by atoms with Gasteiger partial charge < -0.3 is 0 Å². The number of nitrogens with zero attached hydrogens (tertiary/aromatic N) is 3. The maximum absolute atomic E-state index is 12.5. The van der Waals surface area contributed by atoms with E-state index >= 15 is 0 Å². The lowest BCUT2D eigenvalue weighted by Gasteiger charge is -2.41. The van der Waals surface area contributed by atoms with Crippen LogP contribution in [0.1, 0.15) is 51.8 Å². The summed E-state index contributed by atoms with van der Waals surface area (Å²) >= 11 is 0. The van der Waals surface area contributed by atoms with Gasteiger partial charge in [-0.3, -0.25) is 4.79 Å². The van der Waals surface area contributed by atoms with Crippen molar-refractivity contribution < 1.29 is 4.79 Å². The molecule has 0 amide bonds. The standard InChI is InChI=1S/C14H23N3O/c1-10(2)11-5-6-14(3,4)7-12(11)13(18)17-9-15-8-16-17/h8-12H,5-7H2,1-4H3. The third kappa shape index (κ3) is 2.62. The maximum atomic E-state index is 12.5. The van der Waals surface area contributed by atoms with E-state index < -0.39 is 0 Å². The molecule has 0 spiro atoms. The molecule has 4 heteroatoms. The number of carbonyl (C=O) groups is 1. The van der Waals surface area contributed by atoms with E-state index in [2.05, 4.69) is 37.8 Å². The Morgan fingerprint density at radius 3 is 2.72 bits per heavy atom. The first-order valence-electron chi connectivity index (χ1n) is 6.79. The maximum Gasteiger partial charge on any atom is 0.251 e. The van der Waals surface area contributed by atoms with Crippen LogP contribution in [-0.4, -0.2) is 20.7 Å². The number of aromatic nitrogens is 3. The van der Waals surface area contributed by atoms with E-state index in [1.807, 2.05) is 0 Å². The van der Waals surface area contributed by atoms with Crippen LogP contribution in [0.4, 0.5) is 0 Å². The average Bonchev–Trinajstić information content (AvgIpc) is 2.79. The lowest BCUT2D eigenvalue weighted by Crippen LogP contribution is -2.39. The minimum atomic E-state index is 0.0791. The van der Waals surface area contributed by atoms with Crippen LogP contribution in [0.15, 0.2) is 12.7 Å². The van der Waals surface area contributed by atoms with Gasteiger partial charge in [0.15, 0.2) is 0 Å². The van der Waals surface area contributed by atoms with Crippen LogP contribution in [0.3, 0.4) is 0 Å². The van der Waals surface area contributed by atoms with Crippen molar-refractivity contribution in [1.29, 1.82) is 0 Å². The van der Waals surface area contributed by atoms with Crippen LogP contribution < -0.4 is 0 Å². The zero-order chi connectivity index (χ0) is 13.3. The highest BCUT2D eigenvalue weighted by molar-refractivity contribution is 5.80. The molecule has 1 fully saturated rings. The summed E-state index contributed by atoms with van der Waals surface area (Å²) in [6.45, 7) is 8.94. The third-order valence-corrected chi connectivity index (χ3v) is 4.26. The fourth-order valence-electron chi connectivity index (χ4n) is 3.17. The molecule has 1 saturated carbocycles. The highest BCUT2D eigenvalue weighted by Gasteiger charge is 2.40. The Bertz CT molecular complexity index is 409. The molecule has 0 aromatic carbocycles. The van der Waals surface area contributed by atoms with Crippen molar-refractivity contribution in [3.05, 3.63) is 12.7 Å². The van der Waals surface area contributed by atoms with E-state index in [-0.39, 0.29) is 17.2 Å². The molecule has 0 radical (unpaired) electrons. The minimum absolute atomic E-state index is 0.0791. The second kappa shape index (κ2) is 4.82. The molecule has 1 aliphatic rings. The van der Waals surface area contributed by atoms with Crippen LogP contribution in [0, 0.1) is 23.2 Å². The minimum Gasteiger partial charge on any atom is -0.272 e. The van der Waals surface area contributed by atoms with E-state index in [1.165, 1.54) is 23.8 Å². The van der Waals surface area contributed by atoms with Gasteiger partial charge in [0.25, 0.3) is 5.91 Å². The summed E-state index contributed by atoms with van der Waals surface area (Å²) in [6, 6.07) is 0. The van der Waals surface area contributed by atoms with Crippen LogP contribution in [0.25, 0.3) is 0 Å². The van der Waals surface area contributed by atoms with Gasteiger partial charge in [0.05, 0.1) is 0 Å². The van der Waals surface area contributed by atoms with Gasteiger partial charge in [-0.25, -0.2) is 4.98 Å². The number of rotatable bonds is 2. The molecule has 0 aliphatic heterocycles. The predicted octanol–water partition coefficient (Wildman–Crippen LogP) is 3.02. The molecule has 0 bridgehead atoms. The van der Waals surface area contributed by atoms with Crippen LogP contribution in [-0.2, 0) is 0 Å². The first-order chi connectivity index (χ1) is 8.41. The molecule has 2 rings (SSSR count). The fraction of sp³-hybridized carbons (Fsp3) is 0.786. The zero-order valence-electron chi connectivity index (χ0n) is 11.8. The van der Waals surface area contributed by atoms with E-state index in [0.29, 0.717) is 11.8 Å². The first kappa shape index (κ1) is 13.2. The van der Waals surface area contributed by atoms with Crippen molar-refractivity contribution in [2.45, 2.75) is 47.0 Å². The summed E-state index contributed by atoms with van der Waals surface area (Å²) in [4.78, 5) is 16.4. The molecule has 1 aromatic heterocycles. The molecular formula is C14H23N3O. The zero-order valence-corrected chi connectivity index (χ0v) is 11.8. The highest BCUT2D eigenvalue weighted by Crippen LogP contribution is 2.44. The molecule has 0 N–H and O–H groups in total. The van der Waals surface area contributed by atoms with Crippen molar-refractivity contribution in [2.24, 2.45) is 23.2 Å². The fourth-order valence-corrected chi connectivity index (χ4v) is 3.17. The summed E-state index contributed by atoms with van der Waals surface area (Å²) in [7, 11) is 0. The van der Waals surface area contributed by atoms with Crippen molar-refractivity contribution in [1.82, 2.24) is 14.8 Å². The molecular weight excluding hydrogens is 226 g/mol. The molecule has 1 aromatic rings. The van der Waals surface area contributed by atoms with Gasteiger partial charge in [0.1, 0.15) is 12.7 Å². The van der Waals surface area contributed by atoms with Crippen molar-refractivity contribution in [3.8, 4) is 0 Å². The monoisotopic (exact) mass is 249 g/mol. The lowest BCUT2D eigenvalue weighted by molar-refractivity contribution is 0.0485. The van der Waals surface area contributed by atoms with Crippen molar-refractivity contribution >= 4 is 5.91 Å². The number of hydrogen-bond acceptors (Lipinski definition) is 3. The topological polar surface area (TPSA) is 47.8 Å². The highest BCUT2D eigenvalue weighted by atomic mass is 16.2. The smallest absolute Gasteiger partial charge is 0.251 e. The summed E-state index contributed by atoms with van der Waals surface area (Å²) < 4.78 is 1.40. The summed E-state index contributed by atoms with van der Waals surface area (Å²) in [5, 5.41) is 3.99. The second-order valence-electron chi connectivity index (χ2n) is 6.60. The Kier molecular flexibility index (Phi) is 3.55. The Morgan fingerprint density at radius 2 is 2.17 bits per heavy atom. The molecule has 4 nitrogen and oxygen atoms in total. The molecule has 1 heterocycles. The Hall–Kier alpha value is -1.19. The summed E-state index contributed by atoms with van der Waals surface area (Å²) in [6.07, 6.45) is 6.23.